The molecule has 0 aliphatic rings. The lowest BCUT2D eigenvalue weighted by atomic mass is 9.89. The van der Waals surface area contributed by atoms with Crippen molar-refractivity contribution in [3.05, 3.63) is 0 Å². The molecule has 0 fully saturated rings. The Morgan fingerprint density at radius 3 is 2.25 bits per heavy atom. The summed E-state index contributed by atoms with van der Waals surface area (Å²) in [6, 6.07) is 0.692. The SMILES string of the molecule is CCNC(C)CCCC(C)(C)C. The summed E-state index contributed by atoms with van der Waals surface area (Å²) in [6.07, 6.45) is 3.99. The first-order chi connectivity index (χ1) is 5.45. The van der Waals surface area contributed by atoms with Gasteiger partial charge in [0, 0.05) is 6.04 Å². The van der Waals surface area contributed by atoms with Crippen molar-refractivity contribution in [3.8, 4) is 0 Å². The molecule has 0 saturated heterocycles. The van der Waals surface area contributed by atoms with Crippen molar-refractivity contribution in [1.29, 1.82) is 0 Å². The molecule has 1 unspecified atom stereocenters. The summed E-state index contributed by atoms with van der Waals surface area (Å²) in [5, 5.41) is 3.43. The van der Waals surface area contributed by atoms with E-state index in [-0.39, 0.29) is 0 Å². The van der Waals surface area contributed by atoms with E-state index in [2.05, 4.69) is 39.9 Å². The van der Waals surface area contributed by atoms with E-state index in [0.717, 1.165) is 6.54 Å². The van der Waals surface area contributed by atoms with Gasteiger partial charge in [-0.1, -0.05) is 34.1 Å². The van der Waals surface area contributed by atoms with Crippen molar-refractivity contribution in [2.24, 2.45) is 5.41 Å². The van der Waals surface area contributed by atoms with Crippen LogP contribution in [0, 0.1) is 5.41 Å². The summed E-state index contributed by atoms with van der Waals surface area (Å²) < 4.78 is 0. The molecule has 0 aliphatic carbocycles. The standard InChI is InChI=1S/C11H25N/c1-6-12-10(2)8-7-9-11(3,4)5/h10,12H,6-9H2,1-5H3. The van der Waals surface area contributed by atoms with Gasteiger partial charge in [-0.05, 0) is 31.7 Å². The van der Waals surface area contributed by atoms with Crippen LogP contribution in [-0.2, 0) is 0 Å². The molecule has 0 aromatic carbocycles. The monoisotopic (exact) mass is 171 g/mol. The fourth-order valence-corrected chi connectivity index (χ4v) is 1.39. The van der Waals surface area contributed by atoms with Gasteiger partial charge in [0.1, 0.15) is 0 Å². The second kappa shape index (κ2) is 5.58. The van der Waals surface area contributed by atoms with Crippen LogP contribution in [0.1, 0.15) is 53.9 Å². The van der Waals surface area contributed by atoms with Crippen LogP contribution >= 0.6 is 0 Å². The van der Waals surface area contributed by atoms with Crippen LogP contribution in [0.15, 0.2) is 0 Å². The molecule has 0 heterocycles. The van der Waals surface area contributed by atoms with Gasteiger partial charge >= 0.3 is 0 Å². The summed E-state index contributed by atoms with van der Waals surface area (Å²) >= 11 is 0. The second-order valence-electron chi connectivity index (χ2n) is 4.91. The van der Waals surface area contributed by atoms with Crippen LogP contribution in [0.3, 0.4) is 0 Å². The lowest BCUT2D eigenvalue weighted by Gasteiger charge is -2.19. The number of rotatable bonds is 5. The Hall–Kier alpha value is -0.0400. The average Bonchev–Trinajstić information content (AvgIpc) is 1.84. The Kier molecular flexibility index (Phi) is 5.56. The molecule has 0 aromatic heterocycles. The van der Waals surface area contributed by atoms with Gasteiger partial charge in [0.05, 0.1) is 0 Å². The molecule has 0 bridgehead atoms. The van der Waals surface area contributed by atoms with Gasteiger partial charge < -0.3 is 5.32 Å². The number of hydrogen-bond acceptors (Lipinski definition) is 1. The molecular formula is C11H25N. The Morgan fingerprint density at radius 1 is 1.25 bits per heavy atom. The smallest absolute Gasteiger partial charge is 0.00386 e. The molecular weight excluding hydrogens is 146 g/mol. The highest BCUT2D eigenvalue weighted by molar-refractivity contribution is 4.65. The van der Waals surface area contributed by atoms with Gasteiger partial charge in [-0.2, -0.15) is 0 Å². The molecule has 74 valence electrons. The van der Waals surface area contributed by atoms with Gasteiger partial charge in [0.15, 0.2) is 0 Å². The van der Waals surface area contributed by atoms with Gasteiger partial charge in [-0.15, -0.1) is 0 Å². The van der Waals surface area contributed by atoms with E-state index in [0.29, 0.717) is 11.5 Å². The first kappa shape index (κ1) is 12.0. The molecule has 0 rings (SSSR count). The van der Waals surface area contributed by atoms with Gasteiger partial charge in [0.25, 0.3) is 0 Å². The molecule has 0 radical (unpaired) electrons. The second-order valence-corrected chi connectivity index (χ2v) is 4.91. The molecule has 1 nitrogen and oxygen atoms in total. The molecule has 1 heteroatoms. The highest BCUT2D eigenvalue weighted by Gasteiger charge is 2.10. The molecule has 0 amide bonds. The van der Waals surface area contributed by atoms with Crippen LogP contribution in [0.4, 0.5) is 0 Å². The fraction of sp³-hybridized carbons (Fsp3) is 1.00. The van der Waals surface area contributed by atoms with E-state index in [9.17, 15) is 0 Å². The Morgan fingerprint density at radius 2 is 1.83 bits per heavy atom. The lowest BCUT2D eigenvalue weighted by molar-refractivity contribution is 0.347. The first-order valence-corrected chi connectivity index (χ1v) is 5.19. The minimum Gasteiger partial charge on any atom is -0.315 e. The molecule has 0 aromatic rings. The number of nitrogens with one attached hydrogen (secondary N) is 1. The third kappa shape index (κ3) is 8.06. The lowest BCUT2D eigenvalue weighted by Crippen LogP contribution is -2.25. The maximum Gasteiger partial charge on any atom is 0.00386 e. The van der Waals surface area contributed by atoms with Crippen molar-refractivity contribution in [2.45, 2.75) is 59.9 Å². The quantitative estimate of drug-likeness (QED) is 0.670. The van der Waals surface area contributed by atoms with E-state index in [1.165, 1.54) is 19.3 Å². The highest BCUT2D eigenvalue weighted by Crippen LogP contribution is 2.21. The fourth-order valence-electron chi connectivity index (χ4n) is 1.39. The molecule has 0 aliphatic heterocycles. The molecule has 0 spiro atoms. The molecule has 1 N–H and O–H groups in total. The van der Waals surface area contributed by atoms with Crippen molar-refractivity contribution in [1.82, 2.24) is 5.32 Å². The predicted octanol–water partition coefficient (Wildman–Crippen LogP) is 3.20. The van der Waals surface area contributed by atoms with E-state index >= 15 is 0 Å². The van der Waals surface area contributed by atoms with Crippen molar-refractivity contribution < 1.29 is 0 Å². The summed E-state index contributed by atoms with van der Waals surface area (Å²) in [5.41, 5.74) is 0.506. The van der Waals surface area contributed by atoms with Crippen LogP contribution in [0.5, 0.6) is 0 Å². The Balaban J connectivity index is 3.31. The summed E-state index contributed by atoms with van der Waals surface area (Å²) in [6.45, 7) is 12.5. The van der Waals surface area contributed by atoms with Crippen molar-refractivity contribution >= 4 is 0 Å². The zero-order valence-electron chi connectivity index (χ0n) is 9.41. The van der Waals surface area contributed by atoms with Gasteiger partial charge in [-0.25, -0.2) is 0 Å². The zero-order valence-corrected chi connectivity index (χ0v) is 9.41. The average molecular weight is 171 g/mol. The Bertz CT molecular complexity index is 102. The first-order valence-electron chi connectivity index (χ1n) is 5.19. The van der Waals surface area contributed by atoms with E-state index < -0.39 is 0 Å². The van der Waals surface area contributed by atoms with Crippen molar-refractivity contribution in [2.75, 3.05) is 6.54 Å². The summed E-state index contributed by atoms with van der Waals surface area (Å²) in [7, 11) is 0. The third-order valence-corrected chi connectivity index (χ3v) is 2.12. The summed E-state index contributed by atoms with van der Waals surface area (Å²) in [5.74, 6) is 0. The van der Waals surface area contributed by atoms with Gasteiger partial charge in [-0.3, -0.25) is 0 Å². The highest BCUT2D eigenvalue weighted by atomic mass is 14.9. The largest absolute Gasteiger partial charge is 0.315 e. The van der Waals surface area contributed by atoms with E-state index in [4.69, 9.17) is 0 Å². The molecule has 12 heavy (non-hydrogen) atoms. The molecule has 0 saturated carbocycles. The topological polar surface area (TPSA) is 12.0 Å². The minimum atomic E-state index is 0.506. The van der Waals surface area contributed by atoms with Crippen LogP contribution in [0.25, 0.3) is 0 Å². The van der Waals surface area contributed by atoms with Crippen LogP contribution < -0.4 is 5.32 Å². The maximum absolute atomic E-state index is 3.43. The summed E-state index contributed by atoms with van der Waals surface area (Å²) in [4.78, 5) is 0. The normalized spacial score (nSPS) is 14.8. The Labute approximate surface area is 77.9 Å². The van der Waals surface area contributed by atoms with E-state index in [1.807, 2.05) is 0 Å². The zero-order chi connectivity index (χ0) is 9.61. The third-order valence-electron chi connectivity index (χ3n) is 2.12. The minimum absolute atomic E-state index is 0.506. The van der Waals surface area contributed by atoms with E-state index in [1.54, 1.807) is 0 Å². The van der Waals surface area contributed by atoms with Crippen LogP contribution in [-0.4, -0.2) is 12.6 Å². The predicted molar refractivity (Wildman–Crippen MR) is 56.4 cm³/mol. The molecule has 1 atom stereocenters. The van der Waals surface area contributed by atoms with Gasteiger partial charge in [0.2, 0.25) is 0 Å². The van der Waals surface area contributed by atoms with Crippen molar-refractivity contribution in [3.63, 3.8) is 0 Å². The van der Waals surface area contributed by atoms with Crippen LogP contribution in [0.2, 0.25) is 0 Å². The maximum atomic E-state index is 3.43. The number of hydrogen-bond donors (Lipinski definition) is 1.